The number of fused-ring (bicyclic) bond motifs is 2. The van der Waals surface area contributed by atoms with Gasteiger partial charge >= 0.3 is 35.6 Å². The number of carbonyl (C=O) groups is 2. The number of carbonyl (C=O) groups excluding carboxylic acids is 2. The van der Waals surface area contributed by atoms with Crippen molar-refractivity contribution in [3.05, 3.63) is 18.3 Å². The van der Waals surface area contributed by atoms with Gasteiger partial charge in [0.1, 0.15) is 12.6 Å². The quantitative estimate of drug-likeness (QED) is 0.292. The number of amides is 3. The summed E-state index contributed by atoms with van der Waals surface area (Å²) in [5.74, 6) is -0.429. The Morgan fingerprint density at radius 2 is 2.24 bits per heavy atom. The van der Waals surface area contributed by atoms with Crippen LogP contribution in [0.3, 0.4) is 0 Å². The van der Waals surface area contributed by atoms with Gasteiger partial charge in [0, 0.05) is 18.8 Å². The Morgan fingerprint density at radius 1 is 1.52 bits per heavy atom. The van der Waals surface area contributed by atoms with Crippen molar-refractivity contribution in [3.8, 4) is 0 Å². The molecule has 2 aliphatic heterocycles. The van der Waals surface area contributed by atoms with Crippen molar-refractivity contribution in [1.82, 2.24) is 19.7 Å². The first-order chi connectivity index (χ1) is 11.3. The summed E-state index contributed by atoms with van der Waals surface area (Å²) in [5, 5.41) is 15.6. The summed E-state index contributed by atoms with van der Waals surface area (Å²) in [6, 6.07) is -0.0189. The molecule has 2 bridgehead atoms. The van der Waals surface area contributed by atoms with Crippen LogP contribution < -0.4 is 34.9 Å². The summed E-state index contributed by atoms with van der Waals surface area (Å²) in [6.07, 6.45) is 3.06. The molecule has 12 nitrogen and oxygen atoms in total. The summed E-state index contributed by atoms with van der Waals surface area (Å²) in [6.45, 7) is -0.397. The summed E-state index contributed by atoms with van der Waals surface area (Å²) in [7, 11) is -5.07. The molecule has 0 radical (unpaired) electrons. The first kappa shape index (κ1) is 19.8. The van der Waals surface area contributed by atoms with E-state index < -0.39 is 35.0 Å². The van der Waals surface area contributed by atoms with E-state index in [1.807, 2.05) is 0 Å². The molecule has 25 heavy (non-hydrogen) atoms. The van der Waals surface area contributed by atoms with E-state index in [0.29, 0.717) is 10.8 Å². The van der Waals surface area contributed by atoms with Crippen molar-refractivity contribution < 1.29 is 61.5 Å². The fourth-order valence-electron chi connectivity index (χ4n) is 2.45. The van der Waals surface area contributed by atoms with Crippen molar-refractivity contribution in [2.24, 2.45) is 0 Å². The van der Waals surface area contributed by atoms with Crippen LogP contribution in [-0.4, -0.2) is 75.5 Å². The number of anilines is 1. The second-order valence-electron chi connectivity index (χ2n) is 5.05. The van der Waals surface area contributed by atoms with E-state index in [9.17, 15) is 22.6 Å². The molecule has 0 saturated carbocycles. The number of urea groups is 1. The Labute approximate surface area is 164 Å². The molecule has 2 N–H and O–H groups in total. The minimum Gasteiger partial charge on any atom is -0.724 e. The third kappa shape index (κ3) is 4.38. The van der Waals surface area contributed by atoms with Crippen LogP contribution >= 0.6 is 0 Å². The molecule has 0 spiro atoms. The number of hydroxylamine groups is 2. The van der Waals surface area contributed by atoms with Gasteiger partial charge in [-0.05, 0) is 6.08 Å². The molecule has 1 aromatic heterocycles. The number of aliphatic hydroxyl groups excluding tert-OH is 1. The predicted molar refractivity (Wildman–Crippen MR) is 75.6 cm³/mol. The summed E-state index contributed by atoms with van der Waals surface area (Å²) < 4.78 is 37.7. The molecular formula is C11H12N5NaO7S. The van der Waals surface area contributed by atoms with E-state index in [0.717, 1.165) is 0 Å². The van der Waals surface area contributed by atoms with Crippen molar-refractivity contribution in [1.29, 1.82) is 0 Å². The van der Waals surface area contributed by atoms with Crippen LogP contribution in [0.1, 0.15) is 0 Å². The number of nitrogens with zero attached hydrogens (tertiary/aromatic N) is 4. The van der Waals surface area contributed by atoms with Crippen LogP contribution in [0.15, 0.2) is 18.3 Å². The van der Waals surface area contributed by atoms with Gasteiger partial charge in [0.15, 0.2) is 5.82 Å². The first-order valence-electron chi connectivity index (χ1n) is 6.68. The average molecular weight is 381 g/mol. The maximum Gasteiger partial charge on any atom is 1.00 e. The number of rotatable bonds is 5. The zero-order valence-corrected chi connectivity index (χ0v) is 15.8. The monoisotopic (exact) mass is 381 g/mol. The first-order valence-corrected chi connectivity index (χ1v) is 8.01. The van der Waals surface area contributed by atoms with Crippen LogP contribution in [0.2, 0.25) is 0 Å². The third-order valence-electron chi connectivity index (χ3n) is 3.37. The number of aromatic nitrogens is 2. The maximum absolute atomic E-state index is 12.0. The van der Waals surface area contributed by atoms with Crippen LogP contribution in [0.25, 0.3) is 5.70 Å². The van der Waals surface area contributed by atoms with Gasteiger partial charge in [-0.1, -0.05) is 0 Å². The molecule has 0 aromatic carbocycles. The molecule has 2 aliphatic rings. The fraction of sp³-hybridized carbons (Fsp3) is 0.364. The van der Waals surface area contributed by atoms with Crippen molar-refractivity contribution in [2.75, 3.05) is 25.0 Å². The maximum atomic E-state index is 12.0. The van der Waals surface area contributed by atoms with Crippen molar-refractivity contribution >= 4 is 33.9 Å². The van der Waals surface area contributed by atoms with Gasteiger partial charge in [-0.3, -0.25) is 4.79 Å². The molecule has 130 valence electrons. The molecule has 3 amide bonds. The van der Waals surface area contributed by atoms with Crippen LogP contribution in [0.5, 0.6) is 0 Å². The Hall–Kier alpha value is -1.48. The molecule has 1 atom stereocenters. The zero-order chi connectivity index (χ0) is 17.5. The number of nitrogens with one attached hydrogen (secondary N) is 1. The summed E-state index contributed by atoms with van der Waals surface area (Å²) in [5.41, 5.74) is 0.526. The van der Waals surface area contributed by atoms with Crippen molar-refractivity contribution in [3.63, 3.8) is 0 Å². The van der Waals surface area contributed by atoms with Gasteiger partial charge in [0.25, 0.3) is 5.91 Å². The average Bonchev–Trinajstić information content (AvgIpc) is 3.05. The molecule has 0 aliphatic carbocycles. The fourth-order valence-corrected chi connectivity index (χ4v) is 2.82. The van der Waals surface area contributed by atoms with E-state index in [2.05, 4.69) is 14.7 Å². The Kier molecular flexibility index (Phi) is 5.88. The molecule has 1 unspecified atom stereocenters. The summed E-state index contributed by atoms with van der Waals surface area (Å²) >= 11 is 0. The zero-order valence-electron chi connectivity index (χ0n) is 13.0. The Bertz CT molecular complexity index is 823. The van der Waals surface area contributed by atoms with Crippen LogP contribution in [0.4, 0.5) is 10.6 Å². The molecular weight excluding hydrogens is 369 g/mol. The van der Waals surface area contributed by atoms with E-state index in [4.69, 9.17) is 5.11 Å². The normalized spacial score (nSPS) is 19.5. The van der Waals surface area contributed by atoms with Crippen molar-refractivity contribution in [2.45, 2.75) is 6.04 Å². The Morgan fingerprint density at radius 3 is 2.88 bits per heavy atom. The molecule has 3 heterocycles. The number of hydrogen-bond acceptors (Lipinski definition) is 8. The topological polar surface area (TPSA) is 157 Å². The Balaban J connectivity index is 0.00000225. The van der Waals surface area contributed by atoms with Gasteiger partial charge in [0.2, 0.25) is 10.4 Å². The van der Waals surface area contributed by atoms with E-state index >= 15 is 0 Å². The van der Waals surface area contributed by atoms with Gasteiger partial charge in [-0.2, -0.15) is 14.4 Å². The predicted octanol–water partition coefficient (Wildman–Crippen LogP) is -4.83. The van der Waals surface area contributed by atoms with Gasteiger partial charge in [0.05, 0.1) is 12.2 Å². The van der Waals surface area contributed by atoms with Gasteiger partial charge in [-0.15, -0.1) is 0 Å². The van der Waals surface area contributed by atoms with E-state index in [1.165, 1.54) is 27.9 Å². The molecule has 3 rings (SSSR count). The minimum atomic E-state index is -5.07. The number of aliphatic hydroxyl groups is 1. The second kappa shape index (κ2) is 7.41. The van der Waals surface area contributed by atoms with Crippen LogP contribution in [-0.2, 0) is 19.5 Å². The standard InChI is InChI=1S/C11H13N5O7S.Na/c17-6-10(18)12-9-1-2-15(13-9)7-3-8-5-14(4-7)11(19)16(8)23-24(20,21)22;/h1-3,8,17H,4-6H2,(H,12,13,18)(H,20,21,22);/q;+1/p-1. The molecule has 1 aromatic rings. The van der Waals surface area contributed by atoms with E-state index in [-0.39, 0.29) is 48.5 Å². The molecule has 1 fully saturated rings. The largest absolute Gasteiger partial charge is 1.00 e. The minimum absolute atomic E-state index is 0. The third-order valence-corrected chi connectivity index (χ3v) is 3.71. The van der Waals surface area contributed by atoms with E-state index in [1.54, 1.807) is 0 Å². The SMILES string of the molecule is O=C(CO)Nc1ccn(C2=CC3CN(C2)C(=O)N3OS(=O)(=O)[O-])n1.[Na+]. The molecule has 1 saturated heterocycles. The summed E-state index contributed by atoms with van der Waals surface area (Å²) in [4.78, 5) is 24.4. The second-order valence-corrected chi connectivity index (χ2v) is 6.01. The van der Waals surface area contributed by atoms with Crippen LogP contribution in [0, 0.1) is 0 Å². The number of hydrogen-bond donors (Lipinski definition) is 2. The van der Waals surface area contributed by atoms with Gasteiger partial charge in [-0.25, -0.2) is 17.9 Å². The molecule has 14 heteroatoms. The smallest absolute Gasteiger partial charge is 0.724 e. The van der Waals surface area contributed by atoms with Gasteiger partial charge < -0.3 is 19.9 Å².